The van der Waals surface area contributed by atoms with Gasteiger partial charge in [-0.15, -0.1) is 0 Å². The molecule has 0 bridgehead atoms. The molecule has 6 heteroatoms. The number of nitrogens with zero attached hydrogens (tertiary/aromatic N) is 2. The van der Waals surface area contributed by atoms with Crippen LogP contribution >= 0.6 is 0 Å². The molecule has 0 spiro atoms. The average molecular weight is 401 g/mol. The van der Waals surface area contributed by atoms with Crippen molar-refractivity contribution in [3.8, 4) is 11.1 Å². The first-order valence-electron chi connectivity index (χ1n) is 10.3. The molecule has 0 unspecified atom stereocenters. The van der Waals surface area contributed by atoms with Gasteiger partial charge < -0.3 is 15.0 Å². The number of aldehydes is 1. The average Bonchev–Trinajstić information content (AvgIpc) is 2.82. The molecule has 1 amide bonds. The van der Waals surface area contributed by atoms with Crippen molar-refractivity contribution in [1.82, 2.24) is 15.2 Å². The minimum absolute atomic E-state index is 0.00510. The monoisotopic (exact) mass is 401 g/mol. The summed E-state index contributed by atoms with van der Waals surface area (Å²) in [5, 5.41) is 4.30. The Bertz CT molecular complexity index is 1140. The van der Waals surface area contributed by atoms with Gasteiger partial charge in [0, 0.05) is 36.1 Å². The first kappa shape index (κ1) is 18.9. The van der Waals surface area contributed by atoms with Crippen molar-refractivity contribution in [2.45, 2.75) is 13.0 Å². The maximum Gasteiger partial charge on any atom is 0.254 e. The number of morpholine rings is 1. The maximum absolute atomic E-state index is 13.4. The quantitative estimate of drug-likeness (QED) is 0.684. The SMILES string of the molecule is O=Cc1ccc2c(-c3ccc4c(c3)CNCC4)c(C(=O)N3CCOCC3)ccc2n1. The van der Waals surface area contributed by atoms with Gasteiger partial charge in [0.1, 0.15) is 5.69 Å². The molecule has 30 heavy (non-hydrogen) atoms. The van der Waals surface area contributed by atoms with Crippen LogP contribution in [0, 0.1) is 0 Å². The van der Waals surface area contributed by atoms with E-state index in [1.165, 1.54) is 11.1 Å². The number of pyridine rings is 1. The predicted octanol–water partition coefficient (Wildman–Crippen LogP) is 2.83. The van der Waals surface area contributed by atoms with Crippen LogP contribution in [0.25, 0.3) is 22.0 Å². The Morgan fingerprint density at radius 1 is 1.07 bits per heavy atom. The maximum atomic E-state index is 13.4. The third-order valence-electron chi connectivity index (χ3n) is 5.92. The molecule has 6 nitrogen and oxygen atoms in total. The number of ether oxygens (including phenoxy) is 1. The molecule has 5 rings (SSSR count). The van der Waals surface area contributed by atoms with Gasteiger partial charge in [0.2, 0.25) is 0 Å². The van der Waals surface area contributed by atoms with Crippen molar-refractivity contribution in [1.29, 1.82) is 0 Å². The summed E-state index contributed by atoms with van der Waals surface area (Å²) >= 11 is 0. The molecule has 1 fully saturated rings. The van der Waals surface area contributed by atoms with Gasteiger partial charge in [-0.2, -0.15) is 0 Å². The predicted molar refractivity (Wildman–Crippen MR) is 115 cm³/mol. The Labute approximate surface area is 174 Å². The van der Waals surface area contributed by atoms with Crippen LogP contribution in [-0.2, 0) is 17.7 Å². The van der Waals surface area contributed by atoms with E-state index in [0.717, 1.165) is 42.3 Å². The summed E-state index contributed by atoms with van der Waals surface area (Å²) in [5.41, 5.74) is 6.24. The van der Waals surface area contributed by atoms with Gasteiger partial charge >= 0.3 is 0 Å². The molecule has 1 saturated heterocycles. The fourth-order valence-electron chi connectivity index (χ4n) is 4.35. The van der Waals surface area contributed by atoms with Gasteiger partial charge in [-0.3, -0.25) is 9.59 Å². The van der Waals surface area contributed by atoms with E-state index in [-0.39, 0.29) is 5.91 Å². The highest BCUT2D eigenvalue weighted by Crippen LogP contribution is 2.34. The van der Waals surface area contributed by atoms with Crippen LogP contribution in [0.3, 0.4) is 0 Å². The molecule has 0 saturated carbocycles. The Morgan fingerprint density at radius 2 is 1.93 bits per heavy atom. The second-order valence-electron chi connectivity index (χ2n) is 7.72. The van der Waals surface area contributed by atoms with Gasteiger partial charge in [0.05, 0.1) is 18.7 Å². The number of carbonyl (C=O) groups is 2. The molecule has 2 aliphatic rings. The zero-order valence-corrected chi connectivity index (χ0v) is 16.7. The van der Waals surface area contributed by atoms with Crippen LogP contribution in [0.2, 0.25) is 0 Å². The van der Waals surface area contributed by atoms with Crippen LogP contribution in [0.1, 0.15) is 32.0 Å². The zero-order valence-electron chi connectivity index (χ0n) is 16.7. The molecule has 152 valence electrons. The second kappa shape index (κ2) is 7.97. The Hall–Kier alpha value is -3.09. The van der Waals surface area contributed by atoms with Crippen LogP contribution in [0.15, 0.2) is 42.5 Å². The van der Waals surface area contributed by atoms with Crippen molar-refractivity contribution < 1.29 is 14.3 Å². The summed E-state index contributed by atoms with van der Waals surface area (Å²) in [7, 11) is 0. The topological polar surface area (TPSA) is 71.5 Å². The van der Waals surface area contributed by atoms with Crippen molar-refractivity contribution in [2.24, 2.45) is 0 Å². The molecule has 0 aliphatic carbocycles. The van der Waals surface area contributed by atoms with Gasteiger partial charge in [-0.05, 0) is 60.0 Å². The van der Waals surface area contributed by atoms with Crippen molar-refractivity contribution in [3.05, 3.63) is 64.8 Å². The standard InChI is InChI=1S/C24H23N3O3/c28-15-19-3-4-20-22(26-19)6-5-21(24(29)27-9-11-30-12-10-27)23(20)17-2-1-16-7-8-25-14-18(16)13-17/h1-6,13,15,25H,7-12,14H2. The summed E-state index contributed by atoms with van der Waals surface area (Å²) in [6, 6.07) is 13.7. The van der Waals surface area contributed by atoms with Crippen molar-refractivity contribution >= 4 is 23.1 Å². The third kappa shape index (κ3) is 3.38. The summed E-state index contributed by atoms with van der Waals surface area (Å²) in [5.74, 6) is 0.00510. The van der Waals surface area contributed by atoms with Crippen LogP contribution in [0.4, 0.5) is 0 Å². The smallest absolute Gasteiger partial charge is 0.254 e. The second-order valence-corrected chi connectivity index (χ2v) is 7.72. The highest BCUT2D eigenvalue weighted by Gasteiger charge is 2.24. The number of benzene rings is 2. The lowest BCUT2D eigenvalue weighted by atomic mass is 9.90. The van der Waals surface area contributed by atoms with E-state index >= 15 is 0 Å². The highest BCUT2D eigenvalue weighted by molar-refractivity contribution is 6.09. The summed E-state index contributed by atoms with van der Waals surface area (Å²) in [6.07, 6.45) is 1.76. The Kier molecular flexibility index (Phi) is 5.02. The number of fused-ring (bicyclic) bond motifs is 2. The van der Waals surface area contributed by atoms with E-state index in [0.29, 0.717) is 43.1 Å². The fourth-order valence-corrected chi connectivity index (χ4v) is 4.35. The van der Waals surface area contributed by atoms with E-state index in [2.05, 4.69) is 28.5 Å². The molecule has 1 aromatic heterocycles. The van der Waals surface area contributed by atoms with Gasteiger partial charge in [-0.25, -0.2) is 4.98 Å². The number of rotatable bonds is 3. The number of aromatic nitrogens is 1. The minimum Gasteiger partial charge on any atom is -0.378 e. The minimum atomic E-state index is 0.00510. The summed E-state index contributed by atoms with van der Waals surface area (Å²) in [6.45, 7) is 4.11. The molecule has 0 atom stereocenters. The Balaban J connectivity index is 1.70. The molecule has 2 aromatic carbocycles. The summed E-state index contributed by atoms with van der Waals surface area (Å²) < 4.78 is 5.41. The number of hydrogen-bond donors (Lipinski definition) is 1. The van der Waals surface area contributed by atoms with E-state index in [4.69, 9.17) is 4.74 Å². The van der Waals surface area contributed by atoms with E-state index in [1.807, 2.05) is 23.1 Å². The lowest BCUT2D eigenvalue weighted by molar-refractivity contribution is 0.0303. The van der Waals surface area contributed by atoms with Crippen LogP contribution in [-0.4, -0.2) is 54.9 Å². The van der Waals surface area contributed by atoms with E-state index in [1.54, 1.807) is 6.07 Å². The number of hydrogen-bond acceptors (Lipinski definition) is 5. The number of amides is 1. The van der Waals surface area contributed by atoms with Gasteiger partial charge in [0.15, 0.2) is 6.29 Å². The zero-order chi connectivity index (χ0) is 20.5. The summed E-state index contributed by atoms with van der Waals surface area (Å²) in [4.78, 5) is 30.9. The third-order valence-corrected chi connectivity index (χ3v) is 5.92. The van der Waals surface area contributed by atoms with Crippen molar-refractivity contribution in [3.63, 3.8) is 0 Å². The molecular weight excluding hydrogens is 378 g/mol. The van der Waals surface area contributed by atoms with Crippen LogP contribution in [0.5, 0.6) is 0 Å². The lowest BCUT2D eigenvalue weighted by Gasteiger charge is -2.28. The lowest BCUT2D eigenvalue weighted by Crippen LogP contribution is -2.40. The normalized spacial score (nSPS) is 16.3. The molecular formula is C24H23N3O3. The Morgan fingerprint density at radius 3 is 2.77 bits per heavy atom. The van der Waals surface area contributed by atoms with Gasteiger partial charge in [-0.1, -0.05) is 12.1 Å². The highest BCUT2D eigenvalue weighted by atomic mass is 16.5. The van der Waals surface area contributed by atoms with E-state index < -0.39 is 0 Å². The fraction of sp³-hybridized carbons (Fsp3) is 0.292. The number of carbonyl (C=O) groups excluding carboxylic acids is 2. The molecule has 1 N–H and O–H groups in total. The van der Waals surface area contributed by atoms with Crippen LogP contribution < -0.4 is 5.32 Å². The van der Waals surface area contributed by atoms with E-state index in [9.17, 15) is 9.59 Å². The first-order valence-corrected chi connectivity index (χ1v) is 10.3. The number of nitrogens with one attached hydrogen (secondary N) is 1. The first-order chi connectivity index (χ1) is 14.7. The van der Waals surface area contributed by atoms with Gasteiger partial charge in [0.25, 0.3) is 5.91 Å². The van der Waals surface area contributed by atoms with Crippen molar-refractivity contribution in [2.75, 3.05) is 32.8 Å². The molecule has 3 aromatic rings. The largest absolute Gasteiger partial charge is 0.378 e. The molecule has 3 heterocycles. The molecule has 0 radical (unpaired) electrons. The molecule has 2 aliphatic heterocycles.